The minimum atomic E-state index is -0.908. The molecule has 1 unspecified atom stereocenters. The first-order chi connectivity index (χ1) is 8.69. The van der Waals surface area contributed by atoms with Crippen LogP contribution in [0.4, 0.5) is 0 Å². The van der Waals surface area contributed by atoms with Crippen molar-refractivity contribution < 1.29 is 4.21 Å². The van der Waals surface area contributed by atoms with Crippen LogP contribution in [0.1, 0.15) is 18.4 Å². The summed E-state index contributed by atoms with van der Waals surface area (Å²) in [6, 6.07) is 8.40. The fourth-order valence-electron chi connectivity index (χ4n) is 1.60. The highest BCUT2D eigenvalue weighted by Crippen LogP contribution is 2.18. The van der Waals surface area contributed by atoms with Crippen LogP contribution in [0.15, 0.2) is 34.2 Å². The number of aliphatic imine (C=N–C) groups is 1. The van der Waals surface area contributed by atoms with Crippen molar-refractivity contribution in [2.24, 2.45) is 4.99 Å². The zero-order valence-corrected chi connectivity index (χ0v) is 11.6. The molecule has 1 fully saturated rings. The van der Waals surface area contributed by atoms with Gasteiger partial charge >= 0.3 is 0 Å². The maximum absolute atomic E-state index is 11.3. The minimum Gasteiger partial charge on any atom is -0.354 e. The molecular formula is C13H19N3OS. The lowest BCUT2D eigenvalue weighted by Gasteiger charge is -2.11. The van der Waals surface area contributed by atoms with E-state index in [0.29, 0.717) is 6.04 Å². The normalized spacial score (nSPS) is 17.3. The van der Waals surface area contributed by atoms with Crippen molar-refractivity contribution in [1.29, 1.82) is 0 Å². The molecule has 2 rings (SSSR count). The Balaban J connectivity index is 1.86. The number of hydrogen-bond donors (Lipinski definition) is 2. The fourth-order valence-corrected chi connectivity index (χ4v) is 2.12. The van der Waals surface area contributed by atoms with E-state index in [-0.39, 0.29) is 0 Å². The molecule has 0 amide bonds. The summed E-state index contributed by atoms with van der Waals surface area (Å²) < 4.78 is 11.3. The number of nitrogens with one attached hydrogen (secondary N) is 2. The molecule has 18 heavy (non-hydrogen) atoms. The Morgan fingerprint density at radius 2 is 2.06 bits per heavy atom. The van der Waals surface area contributed by atoms with Gasteiger partial charge in [0.25, 0.3) is 0 Å². The molecule has 0 spiro atoms. The minimum absolute atomic E-state index is 0.598. The smallest absolute Gasteiger partial charge is 0.191 e. The van der Waals surface area contributed by atoms with Gasteiger partial charge in [0.2, 0.25) is 0 Å². The molecule has 5 heteroatoms. The summed E-state index contributed by atoms with van der Waals surface area (Å²) in [5.74, 6) is 0.848. The zero-order valence-electron chi connectivity index (χ0n) is 10.8. The maximum atomic E-state index is 11.3. The Morgan fingerprint density at radius 3 is 2.56 bits per heavy atom. The zero-order chi connectivity index (χ0) is 13.0. The number of guanidine groups is 1. The molecule has 1 aromatic carbocycles. The van der Waals surface area contributed by atoms with Gasteiger partial charge in [0.05, 0.1) is 0 Å². The molecule has 1 saturated carbocycles. The second-order valence-electron chi connectivity index (χ2n) is 4.44. The molecule has 1 aliphatic rings. The topological polar surface area (TPSA) is 53.5 Å². The van der Waals surface area contributed by atoms with Crippen LogP contribution in [-0.4, -0.2) is 29.5 Å². The summed E-state index contributed by atoms with van der Waals surface area (Å²) in [7, 11) is 0.871. The van der Waals surface area contributed by atoms with E-state index in [2.05, 4.69) is 15.6 Å². The van der Waals surface area contributed by atoms with Gasteiger partial charge in [-0.3, -0.25) is 9.20 Å². The highest BCUT2D eigenvalue weighted by Gasteiger charge is 2.21. The van der Waals surface area contributed by atoms with Gasteiger partial charge in [-0.05, 0) is 30.5 Å². The van der Waals surface area contributed by atoms with Crippen LogP contribution >= 0.6 is 0 Å². The Morgan fingerprint density at radius 1 is 1.39 bits per heavy atom. The summed E-state index contributed by atoms with van der Waals surface area (Å²) in [5, 5.41) is 6.60. The van der Waals surface area contributed by atoms with Gasteiger partial charge in [0.1, 0.15) is 0 Å². The van der Waals surface area contributed by atoms with E-state index in [4.69, 9.17) is 0 Å². The molecule has 0 aromatic heterocycles. The molecule has 0 aliphatic heterocycles. The summed E-state index contributed by atoms with van der Waals surface area (Å²) in [6.45, 7) is 0.725. The third-order valence-corrected chi connectivity index (χ3v) is 3.79. The van der Waals surface area contributed by atoms with Gasteiger partial charge in [-0.1, -0.05) is 12.1 Å². The van der Waals surface area contributed by atoms with E-state index < -0.39 is 10.8 Å². The highest BCUT2D eigenvalue weighted by molar-refractivity contribution is 7.84. The molecule has 0 bridgehead atoms. The van der Waals surface area contributed by atoms with Crippen LogP contribution in [0.25, 0.3) is 0 Å². The van der Waals surface area contributed by atoms with E-state index in [0.717, 1.165) is 23.0 Å². The summed E-state index contributed by atoms with van der Waals surface area (Å²) in [4.78, 5) is 5.04. The van der Waals surface area contributed by atoms with Crippen molar-refractivity contribution in [3.8, 4) is 0 Å². The summed E-state index contributed by atoms with van der Waals surface area (Å²) in [5.41, 5.74) is 1.16. The number of benzene rings is 1. The monoisotopic (exact) mass is 265 g/mol. The highest BCUT2D eigenvalue weighted by atomic mass is 32.2. The molecule has 1 atom stereocenters. The number of hydrogen-bond acceptors (Lipinski definition) is 2. The van der Waals surface area contributed by atoms with Gasteiger partial charge in [0, 0.05) is 41.6 Å². The van der Waals surface area contributed by atoms with E-state index in [1.165, 1.54) is 12.8 Å². The first-order valence-corrected chi connectivity index (χ1v) is 7.64. The lowest BCUT2D eigenvalue weighted by molar-refractivity contribution is 0.686. The average molecular weight is 265 g/mol. The second kappa shape index (κ2) is 6.00. The summed E-state index contributed by atoms with van der Waals surface area (Å²) in [6.07, 6.45) is 4.16. The average Bonchev–Trinajstić information content (AvgIpc) is 3.18. The van der Waals surface area contributed by atoms with Gasteiger partial charge in [-0.15, -0.1) is 0 Å². The van der Waals surface area contributed by atoms with Crippen molar-refractivity contribution in [1.82, 2.24) is 10.6 Å². The Labute approximate surface area is 110 Å². The standard InChI is InChI=1S/C13H19N3OS/c1-14-13(16-11-5-6-11)15-9-10-3-7-12(8-4-10)18(2)17/h3-4,7-8,11H,5-6,9H2,1-2H3,(H2,14,15,16). The first kappa shape index (κ1) is 13.1. The molecule has 98 valence electrons. The van der Waals surface area contributed by atoms with Crippen LogP contribution in [0.3, 0.4) is 0 Å². The molecule has 0 radical (unpaired) electrons. The van der Waals surface area contributed by atoms with Gasteiger partial charge < -0.3 is 10.6 Å². The van der Waals surface area contributed by atoms with Crippen molar-refractivity contribution in [2.75, 3.05) is 13.3 Å². The van der Waals surface area contributed by atoms with Crippen LogP contribution in [0, 0.1) is 0 Å². The summed E-state index contributed by atoms with van der Waals surface area (Å²) >= 11 is 0. The first-order valence-electron chi connectivity index (χ1n) is 6.08. The third-order valence-electron chi connectivity index (χ3n) is 2.86. The second-order valence-corrected chi connectivity index (χ2v) is 5.82. The van der Waals surface area contributed by atoms with E-state index in [1.54, 1.807) is 13.3 Å². The Bertz CT molecular complexity index is 452. The predicted octanol–water partition coefficient (Wildman–Crippen LogP) is 1.25. The van der Waals surface area contributed by atoms with E-state index in [1.807, 2.05) is 24.3 Å². The molecule has 1 aliphatic carbocycles. The Kier molecular flexibility index (Phi) is 4.36. The van der Waals surface area contributed by atoms with Crippen LogP contribution in [-0.2, 0) is 17.3 Å². The molecule has 1 aromatic rings. The van der Waals surface area contributed by atoms with Gasteiger partial charge in [-0.2, -0.15) is 0 Å². The number of nitrogens with zero attached hydrogens (tertiary/aromatic N) is 1. The van der Waals surface area contributed by atoms with Crippen LogP contribution in [0.5, 0.6) is 0 Å². The molecular weight excluding hydrogens is 246 g/mol. The fraction of sp³-hybridized carbons (Fsp3) is 0.462. The van der Waals surface area contributed by atoms with Crippen LogP contribution in [0.2, 0.25) is 0 Å². The van der Waals surface area contributed by atoms with Crippen LogP contribution < -0.4 is 10.6 Å². The molecule has 0 saturated heterocycles. The quantitative estimate of drug-likeness (QED) is 0.636. The lowest BCUT2D eigenvalue weighted by atomic mass is 10.2. The van der Waals surface area contributed by atoms with E-state index in [9.17, 15) is 4.21 Å². The Hall–Kier alpha value is -1.36. The van der Waals surface area contributed by atoms with E-state index >= 15 is 0 Å². The number of rotatable bonds is 4. The lowest BCUT2D eigenvalue weighted by Crippen LogP contribution is -2.38. The van der Waals surface area contributed by atoms with Gasteiger partial charge in [0.15, 0.2) is 5.96 Å². The molecule has 4 nitrogen and oxygen atoms in total. The van der Waals surface area contributed by atoms with Crippen molar-refractivity contribution in [3.63, 3.8) is 0 Å². The predicted molar refractivity (Wildman–Crippen MR) is 75.1 cm³/mol. The van der Waals surface area contributed by atoms with Crippen molar-refractivity contribution in [3.05, 3.63) is 29.8 Å². The molecule has 2 N–H and O–H groups in total. The maximum Gasteiger partial charge on any atom is 0.191 e. The molecule has 0 heterocycles. The SMILES string of the molecule is CN=C(NCc1ccc(S(C)=O)cc1)NC1CC1. The van der Waals surface area contributed by atoms with Gasteiger partial charge in [-0.25, -0.2) is 0 Å². The van der Waals surface area contributed by atoms with Crippen molar-refractivity contribution >= 4 is 16.8 Å². The largest absolute Gasteiger partial charge is 0.354 e. The van der Waals surface area contributed by atoms with Crippen molar-refractivity contribution in [2.45, 2.75) is 30.3 Å². The third kappa shape index (κ3) is 3.84.